The van der Waals surface area contributed by atoms with Crippen LogP contribution in [0.15, 0.2) is 37.1 Å². The van der Waals surface area contributed by atoms with Crippen molar-refractivity contribution < 1.29 is 0 Å². The van der Waals surface area contributed by atoms with Gasteiger partial charge in [0.25, 0.3) is 0 Å². The highest BCUT2D eigenvalue weighted by Crippen LogP contribution is 2.28. The number of fused-ring (bicyclic) bond motifs is 5. The first kappa shape index (κ1) is 9.73. The van der Waals surface area contributed by atoms with Gasteiger partial charge in [0.1, 0.15) is 23.0 Å². The Morgan fingerprint density at radius 2 is 1.94 bits per heavy atom. The van der Waals surface area contributed by atoms with E-state index >= 15 is 0 Å². The maximum atomic E-state index is 6.24. The molecule has 0 N–H and O–H groups in total. The predicted octanol–water partition coefficient (Wildman–Crippen LogP) is 2.48. The van der Waals surface area contributed by atoms with Gasteiger partial charge in [-0.15, -0.1) is 0 Å². The molecule has 0 fully saturated rings. The molecule has 0 bridgehead atoms. The summed E-state index contributed by atoms with van der Waals surface area (Å²) in [5, 5.41) is 1.31. The number of aromatic nitrogens is 5. The highest BCUT2D eigenvalue weighted by Gasteiger charge is 2.13. The van der Waals surface area contributed by atoms with Crippen LogP contribution in [-0.4, -0.2) is 24.3 Å². The molecule has 0 saturated carbocycles. The fourth-order valence-corrected chi connectivity index (χ4v) is 2.38. The molecular formula is C12H6ClN5. The van der Waals surface area contributed by atoms with E-state index in [2.05, 4.69) is 19.9 Å². The van der Waals surface area contributed by atoms with Crippen molar-refractivity contribution in [2.75, 3.05) is 0 Å². The summed E-state index contributed by atoms with van der Waals surface area (Å²) in [4.78, 5) is 17.1. The topological polar surface area (TPSA) is 56.0 Å². The van der Waals surface area contributed by atoms with Gasteiger partial charge in [-0.3, -0.25) is 9.38 Å². The fourth-order valence-electron chi connectivity index (χ4n) is 2.11. The molecule has 6 heteroatoms. The van der Waals surface area contributed by atoms with Gasteiger partial charge in [-0.2, -0.15) is 0 Å². The summed E-state index contributed by atoms with van der Waals surface area (Å²) in [5.41, 5.74) is 3.14. The number of hydrogen-bond acceptors (Lipinski definition) is 4. The van der Waals surface area contributed by atoms with Gasteiger partial charge in [0.2, 0.25) is 0 Å². The van der Waals surface area contributed by atoms with E-state index < -0.39 is 0 Å². The van der Waals surface area contributed by atoms with Crippen molar-refractivity contribution >= 4 is 39.2 Å². The van der Waals surface area contributed by atoms with Gasteiger partial charge < -0.3 is 0 Å². The van der Waals surface area contributed by atoms with Gasteiger partial charge in [0.15, 0.2) is 5.15 Å². The highest BCUT2D eigenvalue weighted by atomic mass is 35.5. The number of pyridine rings is 2. The predicted molar refractivity (Wildman–Crippen MR) is 68.6 cm³/mol. The van der Waals surface area contributed by atoms with Crippen molar-refractivity contribution in [1.82, 2.24) is 24.3 Å². The van der Waals surface area contributed by atoms with Crippen LogP contribution in [0, 0.1) is 0 Å². The van der Waals surface area contributed by atoms with E-state index in [1.807, 2.05) is 16.5 Å². The van der Waals surface area contributed by atoms with E-state index in [1.165, 1.54) is 0 Å². The standard InChI is InChI=1S/C12H6ClN5/c13-12-11-10(7-5-14-3-1-8(7)16-12)17-9-2-4-15-6-18(9)11/h1-6H. The largest absolute Gasteiger partial charge is 0.280 e. The van der Waals surface area contributed by atoms with E-state index in [0.29, 0.717) is 5.15 Å². The Hall–Kier alpha value is -2.27. The van der Waals surface area contributed by atoms with E-state index in [4.69, 9.17) is 11.6 Å². The van der Waals surface area contributed by atoms with Crippen molar-refractivity contribution in [3.63, 3.8) is 0 Å². The quantitative estimate of drug-likeness (QED) is 0.453. The van der Waals surface area contributed by atoms with E-state index in [1.54, 1.807) is 24.9 Å². The fraction of sp³-hybridized carbons (Fsp3) is 0. The van der Waals surface area contributed by atoms with Crippen molar-refractivity contribution in [2.24, 2.45) is 0 Å². The lowest BCUT2D eigenvalue weighted by molar-refractivity contribution is 1.11. The van der Waals surface area contributed by atoms with Gasteiger partial charge in [-0.25, -0.2) is 15.0 Å². The number of hydrogen-bond donors (Lipinski definition) is 0. The van der Waals surface area contributed by atoms with Gasteiger partial charge in [0.05, 0.1) is 5.52 Å². The Morgan fingerprint density at radius 3 is 2.89 bits per heavy atom. The van der Waals surface area contributed by atoms with Crippen LogP contribution in [-0.2, 0) is 0 Å². The Balaban J connectivity index is 2.38. The molecule has 4 heterocycles. The Morgan fingerprint density at radius 1 is 1.06 bits per heavy atom. The second kappa shape index (κ2) is 3.36. The minimum absolute atomic E-state index is 0.421. The summed E-state index contributed by atoms with van der Waals surface area (Å²) >= 11 is 6.24. The SMILES string of the molecule is Clc1nc2ccncc2c2nc3ccncn3c12. The summed E-state index contributed by atoms with van der Waals surface area (Å²) in [6.07, 6.45) is 6.82. The van der Waals surface area contributed by atoms with Crippen LogP contribution in [0.3, 0.4) is 0 Å². The van der Waals surface area contributed by atoms with Crippen molar-refractivity contribution in [3.8, 4) is 0 Å². The van der Waals surface area contributed by atoms with E-state index in [-0.39, 0.29) is 0 Å². The first-order valence-electron chi connectivity index (χ1n) is 5.35. The minimum Gasteiger partial charge on any atom is -0.280 e. The summed E-state index contributed by atoms with van der Waals surface area (Å²) in [6, 6.07) is 3.65. The molecule has 0 atom stereocenters. The summed E-state index contributed by atoms with van der Waals surface area (Å²) in [6.45, 7) is 0. The van der Waals surface area contributed by atoms with Crippen LogP contribution in [0.25, 0.3) is 27.6 Å². The Bertz CT molecular complexity index is 899. The van der Waals surface area contributed by atoms with Gasteiger partial charge >= 0.3 is 0 Å². The van der Waals surface area contributed by atoms with Crippen molar-refractivity contribution in [1.29, 1.82) is 0 Å². The summed E-state index contributed by atoms with van der Waals surface area (Å²) < 4.78 is 1.83. The van der Waals surface area contributed by atoms with Crippen LogP contribution >= 0.6 is 11.6 Å². The molecule has 4 rings (SSSR count). The lowest BCUT2D eigenvalue weighted by Gasteiger charge is -2.00. The van der Waals surface area contributed by atoms with Gasteiger partial charge in [0, 0.05) is 24.0 Å². The Labute approximate surface area is 106 Å². The molecule has 86 valence electrons. The van der Waals surface area contributed by atoms with Crippen molar-refractivity contribution in [3.05, 3.63) is 42.2 Å². The average molecular weight is 256 g/mol. The highest BCUT2D eigenvalue weighted by molar-refractivity contribution is 6.35. The first-order chi connectivity index (χ1) is 8.84. The maximum Gasteiger partial charge on any atom is 0.156 e. The molecule has 0 amide bonds. The molecule has 0 aliphatic rings. The first-order valence-corrected chi connectivity index (χ1v) is 5.73. The third kappa shape index (κ3) is 1.16. The smallest absolute Gasteiger partial charge is 0.156 e. The monoisotopic (exact) mass is 255 g/mol. The van der Waals surface area contributed by atoms with Crippen LogP contribution in [0.4, 0.5) is 0 Å². The summed E-state index contributed by atoms with van der Waals surface area (Å²) in [5.74, 6) is 0. The zero-order valence-corrected chi connectivity index (χ0v) is 9.83. The molecule has 4 aromatic rings. The minimum atomic E-state index is 0.421. The number of halogens is 1. The average Bonchev–Trinajstić information content (AvgIpc) is 2.79. The molecule has 4 aromatic heterocycles. The van der Waals surface area contributed by atoms with Crippen LogP contribution in [0.2, 0.25) is 5.15 Å². The maximum absolute atomic E-state index is 6.24. The Kier molecular flexibility index (Phi) is 1.82. The molecule has 0 spiro atoms. The number of imidazole rings is 1. The molecule has 0 saturated heterocycles. The van der Waals surface area contributed by atoms with Gasteiger partial charge in [-0.1, -0.05) is 11.6 Å². The van der Waals surface area contributed by atoms with E-state index in [0.717, 1.165) is 27.6 Å². The summed E-state index contributed by atoms with van der Waals surface area (Å²) in [7, 11) is 0. The molecule has 18 heavy (non-hydrogen) atoms. The molecule has 0 unspecified atom stereocenters. The van der Waals surface area contributed by atoms with Crippen LogP contribution in [0.5, 0.6) is 0 Å². The molecule has 0 radical (unpaired) electrons. The lowest BCUT2D eigenvalue weighted by atomic mass is 10.2. The zero-order chi connectivity index (χ0) is 12.1. The van der Waals surface area contributed by atoms with Gasteiger partial charge in [-0.05, 0) is 12.1 Å². The second-order valence-electron chi connectivity index (χ2n) is 3.91. The molecule has 0 aliphatic carbocycles. The van der Waals surface area contributed by atoms with Crippen LogP contribution < -0.4 is 0 Å². The molecule has 5 nitrogen and oxygen atoms in total. The number of nitrogens with zero attached hydrogens (tertiary/aromatic N) is 5. The zero-order valence-electron chi connectivity index (χ0n) is 9.08. The normalized spacial score (nSPS) is 11.6. The third-order valence-electron chi connectivity index (χ3n) is 2.90. The van der Waals surface area contributed by atoms with Crippen molar-refractivity contribution in [2.45, 2.75) is 0 Å². The lowest BCUT2D eigenvalue weighted by Crippen LogP contribution is -1.88. The van der Waals surface area contributed by atoms with Crippen LogP contribution in [0.1, 0.15) is 0 Å². The molecular weight excluding hydrogens is 250 g/mol. The molecule has 0 aliphatic heterocycles. The molecule has 0 aromatic carbocycles. The second-order valence-corrected chi connectivity index (χ2v) is 4.27. The van der Waals surface area contributed by atoms with E-state index in [9.17, 15) is 0 Å². The third-order valence-corrected chi connectivity index (χ3v) is 3.16. The number of rotatable bonds is 0.